The SMILES string of the molecule is O=C(Cn1c(-c2ccccc2)nc2scc(C(=O)O)c2c1=O)Nc1ccc(Cl)cc1Cl. The van der Waals surface area contributed by atoms with E-state index in [2.05, 4.69) is 10.3 Å². The number of rotatable bonds is 5. The van der Waals surface area contributed by atoms with E-state index in [-0.39, 0.29) is 28.3 Å². The van der Waals surface area contributed by atoms with Gasteiger partial charge in [-0.3, -0.25) is 14.2 Å². The van der Waals surface area contributed by atoms with Crippen LogP contribution in [0.4, 0.5) is 5.69 Å². The molecule has 0 fully saturated rings. The summed E-state index contributed by atoms with van der Waals surface area (Å²) in [5, 5.41) is 14.1. The summed E-state index contributed by atoms with van der Waals surface area (Å²) in [6, 6.07) is 13.5. The summed E-state index contributed by atoms with van der Waals surface area (Å²) in [5.74, 6) is -1.51. The van der Waals surface area contributed by atoms with Crippen LogP contribution in [0.3, 0.4) is 0 Å². The number of benzene rings is 2. The van der Waals surface area contributed by atoms with Crippen LogP contribution < -0.4 is 10.9 Å². The van der Waals surface area contributed by atoms with Gasteiger partial charge in [0.05, 0.1) is 21.7 Å². The van der Waals surface area contributed by atoms with E-state index in [4.69, 9.17) is 23.2 Å². The van der Waals surface area contributed by atoms with Crippen molar-refractivity contribution in [3.63, 3.8) is 0 Å². The van der Waals surface area contributed by atoms with Crippen molar-refractivity contribution in [1.29, 1.82) is 0 Å². The number of aromatic carboxylic acids is 1. The molecule has 0 bridgehead atoms. The van der Waals surface area contributed by atoms with Gasteiger partial charge in [0.2, 0.25) is 5.91 Å². The fourth-order valence-electron chi connectivity index (χ4n) is 3.06. The van der Waals surface area contributed by atoms with Crippen LogP contribution in [0, 0.1) is 0 Å². The molecular formula is C21H13Cl2N3O4S. The third-order valence-electron chi connectivity index (χ3n) is 4.46. The van der Waals surface area contributed by atoms with E-state index in [1.807, 2.05) is 6.07 Å². The van der Waals surface area contributed by atoms with Crippen LogP contribution >= 0.6 is 34.5 Å². The monoisotopic (exact) mass is 473 g/mol. The van der Waals surface area contributed by atoms with E-state index in [0.29, 0.717) is 21.1 Å². The Balaban J connectivity index is 1.81. The first-order valence-electron chi connectivity index (χ1n) is 8.91. The molecule has 2 aromatic carbocycles. The molecule has 4 rings (SSSR count). The zero-order chi connectivity index (χ0) is 22.1. The normalized spacial score (nSPS) is 10.9. The van der Waals surface area contributed by atoms with Crippen LogP contribution in [0.1, 0.15) is 10.4 Å². The number of thiophene rings is 1. The Morgan fingerprint density at radius 3 is 2.55 bits per heavy atom. The molecule has 0 radical (unpaired) electrons. The number of carboxylic acids is 1. The van der Waals surface area contributed by atoms with E-state index in [0.717, 1.165) is 15.9 Å². The predicted molar refractivity (Wildman–Crippen MR) is 121 cm³/mol. The Kier molecular flexibility index (Phi) is 5.77. The molecule has 0 saturated heterocycles. The second-order valence-electron chi connectivity index (χ2n) is 6.50. The predicted octanol–water partition coefficient (Wildman–Crippen LogP) is 4.77. The van der Waals surface area contributed by atoms with Crippen molar-refractivity contribution in [1.82, 2.24) is 9.55 Å². The highest BCUT2D eigenvalue weighted by Gasteiger charge is 2.21. The topological polar surface area (TPSA) is 101 Å². The summed E-state index contributed by atoms with van der Waals surface area (Å²) in [6.45, 7) is -0.389. The van der Waals surface area contributed by atoms with Gasteiger partial charge in [0.25, 0.3) is 5.56 Å². The second kappa shape index (κ2) is 8.50. The fourth-order valence-corrected chi connectivity index (χ4v) is 4.42. The van der Waals surface area contributed by atoms with Gasteiger partial charge in [-0.15, -0.1) is 11.3 Å². The highest BCUT2D eigenvalue weighted by molar-refractivity contribution is 7.17. The van der Waals surface area contributed by atoms with Crippen LogP contribution in [0.5, 0.6) is 0 Å². The van der Waals surface area contributed by atoms with E-state index in [9.17, 15) is 19.5 Å². The summed E-state index contributed by atoms with van der Waals surface area (Å²) in [7, 11) is 0. The van der Waals surface area contributed by atoms with Gasteiger partial charge in [-0.05, 0) is 18.2 Å². The van der Waals surface area contributed by atoms with Crippen LogP contribution in [0.2, 0.25) is 10.0 Å². The largest absolute Gasteiger partial charge is 0.478 e. The van der Waals surface area contributed by atoms with Gasteiger partial charge >= 0.3 is 5.97 Å². The van der Waals surface area contributed by atoms with E-state index >= 15 is 0 Å². The number of carboxylic acid groups (broad SMARTS) is 1. The molecule has 0 aliphatic rings. The van der Waals surface area contributed by atoms with Crippen molar-refractivity contribution < 1.29 is 14.7 Å². The Hall–Kier alpha value is -3.20. The highest BCUT2D eigenvalue weighted by atomic mass is 35.5. The molecule has 0 aliphatic heterocycles. The van der Waals surface area contributed by atoms with Crippen molar-refractivity contribution >= 4 is 62.3 Å². The highest BCUT2D eigenvalue weighted by Crippen LogP contribution is 2.27. The lowest BCUT2D eigenvalue weighted by atomic mass is 10.2. The van der Waals surface area contributed by atoms with Crippen LogP contribution in [-0.4, -0.2) is 26.5 Å². The second-order valence-corrected chi connectivity index (χ2v) is 8.20. The summed E-state index contributed by atoms with van der Waals surface area (Å²) < 4.78 is 1.16. The number of amides is 1. The number of fused-ring (bicyclic) bond motifs is 1. The molecular weight excluding hydrogens is 461 g/mol. The first kappa shape index (κ1) is 21.0. The molecule has 2 aromatic heterocycles. The van der Waals surface area contributed by atoms with Gasteiger partial charge in [-0.2, -0.15) is 0 Å². The number of carbonyl (C=O) groups excluding carboxylic acids is 1. The van der Waals surface area contributed by atoms with Crippen LogP contribution in [0.15, 0.2) is 58.7 Å². The lowest BCUT2D eigenvalue weighted by Crippen LogP contribution is -2.30. The molecule has 4 aromatic rings. The number of anilines is 1. The molecule has 7 nitrogen and oxygen atoms in total. The first-order chi connectivity index (χ1) is 14.8. The standard InChI is InChI=1S/C21H13Cl2N3O4S/c22-12-6-7-15(14(23)8-12)24-16(27)9-26-18(11-4-2-1-3-5-11)25-19-17(20(26)28)13(10-31-19)21(29)30/h1-8,10H,9H2,(H,24,27)(H,29,30). The molecule has 10 heteroatoms. The van der Waals surface area contributed by atoms with Crippen molar-refractivity contribution in [2.45, 2.75) is 6.54 Å². The lowest BCUT2D eigenvalue weighted by Gasteiger charge is -2.13. The molecule has 1 amide bonds. The van der Waals surface area contributed by atoms with Gasteiger partial charge in [0.1, 0.15) is 17.2 Å². The quantitative estimate of drug-likeness (QED) is 0.434. The number of hydrogen-bond donors (Lipinski definition) is 2. The summed E-state index contributed by atoms with van der Waals surface area (Å²) in [6.07, 6.45) is 0. The smallest absolute Gasteiger partial charge is 0.337 e. The van der Waals surface area contributed by atoms with Gasteiger partial charge in [0, 0.05) is 16.0 Å². The minimum absolute atomic E-state index is 0.0329. The fraction of sp³-hybridized carbons (Fsp3) is 0.0476. The zero-order valence-electron chi connectivity index (χ0n) is 15.6. The summed E-state index contributed by atoms with van der Waals surface area (Å²) >= 11 is 13.1. The Labute approximate surface area is 189 Å². The van der Waals surface area contributed by atoms with Crippen molar-refractivity contribution in [2.24, 2.45) is 0 Å². The minimum Gasteiger partial charge on any atom is -0.478 e. The third-order valence-corrected chi connectivity index (χ3v) is 5.88. The Morgan fingerprint density at radius 2 is 1.87 bits per heavy atom. The van der Waals surface area contributed by atoms with E-state index in [1.54, 1.807) is 36.4 Å². The number of nitrogens with one attached hydrogen (secondary N) is 1. The van der Waals surface area contributed by atoms with Crippen LogP contribution in [-0.2, 0) is 11.3 Å². The maximum Gasteiger partial charge on any atom is 0.337 e. The first-order valence-corrected chi connectivity index (χ1v) is 10.5. The average Bonchev–Trinajstić information content (AvgIpc) is 3.17. The zero-order valence-corrected chi connectivity index (χ0v) is 18.0. The molecule has 2 heterocycles. The van der Waals surface area contributed by atoms with E-state index in [1.165, 1.54) is 11.4 Å². The van der Waals surface area contributed by atoms with E-state index < -0.39 is 17.4 Å². The lowest BCUT2D eigenvalue weighted by molar-refractivity contribution is -0.116. The van der Waals surface area contributed by atoms with Gasteiger partial charge < -0.3 is 10.4 Å². The van der Waals surface area contributed by atoms with Crippen LogP contribution in [0.25, 0.3) is 21.6 Å². The number of carbonyl (C=O) groups is 2. The summed E-state index contributed by atoms with van der Waals surface area (Å²) in [5.41, 5.74) is 0.192. The summed E-state index contributed by atoms with van der Waals surface area (Å²) in [4.78, 5) is 42.3. The molecule has 0 aliphatic carbocycles. The number of halogens is 2. The van der Waals surface area contributed by atoms with Crippen molar-refractivity contribution in [3.8, 4) is 11.4 Å². The Morgan fingerprint density at radius 1 is 1.13 bits per heavy atom. The number of nitrogens with zero attached hydrogens (tertiary/aromatic N) is 2. The minimum atomic E-state index is -1.23. The number of hydrogen-bond acceptors (Lipinski definition) is 5. The molecule has 0 unspecified atom stereocenters. The molecule has 0 spiro atoms. The third kappa shape index (κ3) is 4.18. The maximum absolute atomic E-state index is 13.3. The maximum atomic E-state index is 13.3. The molecule has 0 saturated carbocycles. The Bertz CT molecular complexity index is 1380. The molecule has 31 heavy (non-hydrogen) atoms. The van der Waals surface area contributed by atoms with Crippen molar-refractivity contribution in [2.75, 3.05) is 5.32 Å². The van der Waals surface area contributed by atoms with Gasteiger partial charge in [0.15, 0.2) is 0 Å². The molecule has 0 atom stereocenters. The van der Waals surface area contributed by atoms with Gasteiger partial charge in [-0.1, -0.05) is 53.5 Å². The average molecular weight is 474 g/mol. The van der Waals surface area contributed by atoms with Gasteiger partial charge in [-0.25, -0.2) is 9.78 Å². The number of aromatic nitrogens is 2. The van der Waals surface area contributed by atoms with Crippen molar-refractivity contribution in [3.05, 3.63) is 79.9 Å². The molecule has 2 N–H and O–H groups in total. The molecule has 156 valence electrons.